The van der Waals surface area contributed by atoms with Crippen LogP contribution in [0, 0.1) is 5.92 Å². The largest absolute Gasteiger partial charge is 0.379 e. The van der Waals surface area contributed by atoms with Gasteiger partial charge in [0, 0.05) is 51.5 Å². The second kappa shape index (κ2) is 13.4. The van der Waals surface area contributed by atoms with E-state index in [0.29, 0.717) is 5.92 Å². The van der Waals surface area contributed by atoms with Gasteiger partial charge in [0.2, 0.25) is 0 Å². The van der Waals surface area contributed by atoms with E-state index in [1.165, 1.54) is 37.2 Å². The van der Waals surface area contributed by atoms with Crippen molar-refractivity contribution in [1.82, 2.24) is 15.5 Å². The fraction of sp³-hybridized carbons (Fsp3) is 0.696. The van der Waals surface area contributed by atoms with Crippen LogP contribution in [-0.2, 0) is 4.74 Å². The zero-order chi connectivity index (χ0) is 20.5. The van der Waals surface area contributed by atoms with E-state index >= 15 is 0 Å². The number of guanidine groups is 1. The van der Waals surface area contributed by atoms with Gasteiger partial charge in [0.25, 0.3) is 0 Å². The van der Waals surface area contributed by atoms with Crippen LogP contribution in [0.5, 0.6) is 0 Å². The smallest absolute Gasteiger partial charge is 0.191 e. The molecule has 2 aliphatic rings. The first-order valence-electron chi connectivity index (χ1n) is 11.4. The fourth-order valence-electron chi connectivity index (χ4n) is 4.10. The van der Waals surface area contributed by atoms with Crippen molar-refractivity contribution in [3.05, 3.63) is 29.8 Å². The molecule has 2 atom stereocenters. The van der Waals surface area contributed by atoms with E-state index in [-0.39, 0.29) is 30.0 Å². The summed E-state index contributed by atoms with van der Waals surface area (Å²) in [5.41, 5.74) is 2.65. The molecule has 0 aliphatic carbocycles. The highest BCUT2D eigenvalue weighted by atomic mass is 127. The number of ether oxygens (including phenoxy) is 1. The normalized spacial score (nSPS) is 19.8. The highest BCUT2D eigenvalue weighted by Crippen LogP contribution is 2.24. The van der Waals surface area contributed by atoms with Crippen LogP contribution >= 0.6 is 24.0 Å². The molecule has 7 heteroatoms. The first-order valence-corrected chi connectivity index (χ1v) is 11.4. The summed E-state index contributed by atoms with van der Waals surface area (Å²) in [5, 5.41) is 7.00. The van der Waals surface area contributed by atoms with E-state index in [4.69, 9.17) is 9.73 Å². The highest BCUT2D eigenvalue weighted by molar-refractivity contribution is 14.0. The van der Waals surface area contributed by atoms with Crippen LogP contribution in [0.3, 0.4) is 0 Å². The summed E-state index contributed by atoms with van der Waals surface area (Å²) in [7, 11) is 0. The van der Waals surface area contributed by atoms with Crippen molar-refractivity contribution in [2.45, 2.75) is 39.7 Å². The van der Waals surface area contributed by atoms with Crippen LogP contribution in [0.4, 0.5) is 5.69 Å². The molecule has 170 valence electrons. The van der Waals surface area contributed by atoms with Crippen LogP contribution in [0.15, 0.2) is 29.3 Å². The SMILES string of the molecule is CCNC(=NCC(C)CN1CCOCC1)NC(C)c1cccc(N2CCCC2)c1.I. The van der Waals surface area contributed by atoms with E-state index < -0.39 is 0 Å². The average Bonchev–Trinajstić information content (AvgIpc) is 3.28. The molecule has 0 radical (unpaired) electrons. The lowest BCUT2D eigenvalue weighted by Gasteiger charge is -2.28. The van der Waals surface area contributed by atoms with Crippen molar-refractivity contribution in [3.63, 3.8) is 0 Å². The van der Waals surface area contributed by atoms with Gasteiger partial charge in [0.05, 0.1) is 19.3 Å². The van der Waals surface area contributed by atoms with E-state index in [0.717, 1.165) is 51.9 Å². The summed E-state index contributed by atoms with van der Waals surface area (Å²) in [5.74, 6) is 1.43. The number of benzene rings is 1. The van der Waals surface area contributed by atoms with E-state index in [1.54, 1.807) is 0 Å². The maximum absolute atomic E-state index is 5.45. The van der Waals surface area contributed by atoms with Gasteiger partial charge in [-0.05, 0) is 50.3 Å². The minimum absolute atomic E-state index is 0. The van der Waals surface area contributed by atoms with Gasteiger partial charge in [-0.25, -0.2) is 0 Å². The molecule has 3 rings (SSSR count). The molecule has 2 fully saturated rings. The molecule has 2 unspecified atom stereocenters. The number of anilines is 1. The van der Waals surface area contributed by atoms with Crippen LogP contribution in [-0.4, -0.2) is 69.9 Å². The van der Waals surface area contributed by atoms with E-state index in [1.807, 2.05) is 0 Å². The number of hydrogen-bond donors (Lipinski definition) is 2. The Bertz CT molecular complexity index is 644. The third-order valence-electron chi connectivity index (χ3n) is 5.77. The Hall–Kier alpha value is -1.06. The lowest BCUT2D eigenvalue weighted by molar-refractivity contribution is 0.0323. The van der Waals surface area contributed by atoms with Gasteiger partial charge in [-0.15, -0.1) is 24.0 Å². The Morgan fingerprint density at radius 1 is 1.13 bits per heavy atom. The van der Waals surface area contributed by atoms with E-state index in [9.17, 15) is 0 Å². The second-order valence-electron chi connectivity index (χ2n) is 8.39. The monoisotopic (exact) mass is 529 g/mol. The number of morpholine rings is 1. The number of rotatable bonds is 8. The van der Waals surface area contributed by atoms with Crippen molar-refractivity contribution in [2.24, 2.45) is 10.9 Å². The molecule has 0 saturated carbocycles. The van der Waals surface area contributed by atoms with Crippen LogP contribution in [0.1, 0.15) is 45.2 Å². The number of nitrogens with zero attached hydrogens (tertiary/aromatic N) is 3. The zero-order valence-corrected chi connectivity index (χ0v) is 21.2. The quantitative estimate of drug-likeness (QED) is 0.307. The van der Waals surface area contributed by atoms with Gasteiger partial charge in [0.1, 0.15) is 0 Å². The Balaban J connectivity index is 0.00000320. The predicted octanol–water partition coefficient (Wildman–Crippen LogP) is 3.49. The molecule has 1 aromatic carbocycles. The standard InChI is InChI=1S/C23H39N5O.HI/c1-4-24-23(25-17-19(2)18-27-12-14-29-15-13-27)26-20(3)21-8-7-9-22(16-21)28-10-5-6-11-28;/h7-9,16,19-20H,4-6,10-15,17-18H2,1-3H3,(H2,24,25,26);1H. The van der Waals surface area contributed by atoms with Gasteiger partial charge in [-0.3, -0.25) is 9.89 Å². The average molecular weight is 530 g/mol. The predicted molar refractivity (Wildman–Crippen MR) is 137 cm³/mol. The maximum Gasteiger partial charge on any atom is 0.191 e. The summed E-state index contributed by atoms with van der Waals surface area (Å²) in [6, 6.07) is 9.16. The summed E-state index contributed by atoms with van der Waals surface area (Å²) >= 11 is 0. The molecule has 30 heavy (non-hydrogen) atoms. The van der Waals surface area contributed by atoms with Gasteiger partial charge in [-0.1, -0.05) is 19.1 Å². The summed E-state index contributed by atoms with van der Waals surface area (Å²) in [6.07, 6.45) is 2.61. The number of aliphatic imine (C=N–C) groups is 1. The van der Waals surface area contributed by atoms with Gasteiger partial charge < -0.3 is 20.3 Å². The number of nitrogens with one attached hydrogen (secondary N) is 2. The summed E-state index contributed by atoms with van der Waals surface area (Å²) in [4.78, 5) is 9.84. The van der Waals surface area contributed by atoms with Crippen molar-refractivity contribution in [3.8, 4) is 0 Å². The Labute approximate surface area is 199 Å². The summed E-state index contributed by atoms with van der Waals surface area (Å²) < 4.78 is 5.45. The molecule has 0 amide bonds. The highest BCUT2D eigenvalue weighted by Gasteiger charge is 2.16. The Kier molecular flexibility index (Phi) is 11.2. The van der Waals surface area contributed by atoms with Gasteiger partial charge in [0.15, 0.2) is 5.96 Å². The van der Waals surface area contributed by atoms with E-state index in [2.05, 4.69) is 65.5 Å². The number of hydrogen-bond acceptors (Lipinski definition) is 4. The van der Waals surface area contributed by atoms with Gasteiger partial charge >= 0.3 is 0 Å². The fourth-order valence-corrected chi connectivity index (χ4v) is 4.10. The first-order chi connectivity index (χ1) is 14.2. The second-order valence-corrected chi connectivity index (χ2v) is 8.39. The molecule has 2 aliphatic heterocycles. The molecular weight excluding hydrogens is 489 g/mol. The van der Waals surface area contributed by atoms with Crippen molar-refractivity contribution in [2.75, 3.05) is 63.9 Å². The molecule has 2 heterocycles. The molecule has 0 aromatic heterocycles. The Morgan fingerprint density at radius 3 is 2.57 bits per heavy atom. The van der Waals surface area contributed by atoms with Crippen LogP contribution in [0.25, 0.3) is 0 Å². The molecule has 2 N–H and O–H groups in total. The number of halogens is 1. The van der Waals surface area contributed by atoms with Crippen molar-refractivity contribution < 1.29 is 4.74 Å². The lowest BCUT2D eigenvalue weighted by Crippen LogP contribution is -2.41. The third-order valence-corrected chi connectivity index (χ3v) is 5.77. The molecular formula is C23H40IN5O. The zero-order valence-electron chi connectivity index (χ0n) is 18.9. The summed E-state index contributed by atoms with van der Waals surface area (Å²) in [6.45, 7) is 15.5. The molecule has 1 aromatic rings. The van der Waals surface area contributed by atoms with Gasteiger partial charge in [-0.2, -0.15) is 0 Å². The lowest BCUT2D eigenvalue weighted by atomic mass is 10.1. The molecule has 0 bridgehead atoms. The van der Waals surface area contributed by atoms with Crippen LogP contribution in [0.2, 0.25) is 0 Å². The third kappa shape index (κ3) is 7.89. The Morgan fingerprint density at radius 2 is 1.87 bits per heavy atom. The molecule has 2 saturated heterocycles. The first kappa shape index (κ1) is 25.2. The molecule has 6 nitrogen and oxygen atoms in total. The van der Waals surface area contributed by atoms with Crippen molar-refractivity contribution >= 4 is 35.6 Å². The topological polar surface area (TPSA) is 52.1 Å². The minimum Gasteiger partial charge on any atom is -0.379 e. The molecule has 0 spiro atoms. The minimum atomic E-state index is 0. The maximum atomic E-state index is 5.45. The van der Waals surface area contributed by atoms with Crippen LogP contribution < -0.4 is 15.5 Å². The van der Waals surface area contributed by atoms with Crippen molar-refractivity contribution in [1.29, 1.82) is 0 Å².